The molecule has 1 aromatic rings. The topological polar surface area (TPSA) is 71.8 Å². The van der Waals surface area contributed by atoms with Gasteiger partial charge in [0, 0.05) is 19.5 Å². The quantitative estimate of drug-likeness (QED) is 0.840. The normalized spacial score (nSPS) is 18.6. The van der Waals surface area contributed by atoms with Crippen molar-refractivity contribution >= 4 is 6.03 Å². The van der Waals surface area contributed by atoms with E-state index in [1.165, 1.54) is 19.3 Å². The van der Waals surface area contributed by atoms with E-state index in [0.717, 1.165) is 37.6 Å². The van der Waals surface area contributed by atoms with Crippen molar-refractivity contribution in [2.45, 2.75) is 59.0 Å². The van der Waals surface area contributed by atoms with Crippen molar-refractivity contribution in [3.63, 3.8) is 0 Å². The second-order valence-corrected chi connectivity index (χ2v) is 6.92. The van der Waals surface area contributed by atoms with Crippen molar-refractivity contribution in [2.24, 2.45) is 11.3 Å². The number of aryl methyl sites for hydroxylation is 1. The lowest BCUT2D eigenvalue weighted by Gasteiger charge is -2.18. The Bertz CT molecular complexity index is 518. The molecule has 2 heterocycles. The van der Waals surface area contributed by atoms with Crippen molar-refractivity contribution < 1.29 is 4.79 Å². The Balaban J connectivity index is 1.42. The van der Waals surface area contributed by atoms with E-state index < -0.39 is 0 Å². The van der Waals surface area contributed by atoms with Crippen LogP contribution in [0.1, 0.15) is 51.2 Å². The van der Waals surface area contributed by atoms with Gasteiger partial charge in [0.05, 0.1) is 6.54 Å². The van der Waals surface area contributed by atoms with Crippen molar-refractivity contribution in [1.82, 2.24) is 25.4 Å². The van der Waals surface area contributed by atoms with Gasteiger partial charge in [-0.05, 0) is 37.0 Å². The molecule has 3 rings (SSSR count). The summed E-state index contributed by atoms with van der Waals surface area (Å²) in [6, 6.07) is -0.0969. The molecule has 0 bridgehead atoms. The van der Waals surface area contributed by atoms with Crippen LogP contribution in [-0.4, -0.2) is 27.3 Å². The highest BCUT2D eigenvalue weighted by atomic mass is 16.2. The minimum Gasteiger partial charge on any atom is -0.338 e. The molecule has 0 radical (unpaired) electrons. The van der Waals surface area contributed by atoms with E-state index >= 15 is 0 Å². The number of hydrogen-bond donors (Lipinski definition) is 2. The molecule has 0 unspecified atom stereocenters. The minimum absolute atomic E-state index is 0.0969. The Morgan fingerprint density at radius 3 is 2.86 bits per heavy atom. The number of carbonyl (C=O) groups excluding carboxylic acids is 1. The second-order valence-electron chi connectivity index (χ2n) is 6.92. The zero-order valence-electron chi connectivity index (χ0n) is 13.0. The Morgan fingerprint density at radius 1 is 1.33 bits per heavy atom. The summed E-state index contributed by atoms with van der Waals surface area (Å²) in [7, 11) is 0. The van der Waals surface area contributed by atoms with Gasteiger partial charge in [-0.15, -0.1) is 10.2 Å². The van der Waals surface area contributed by atoms with Crippen molar-refractivity contribution in [1.29, 1.82) is 0 Å². The molecule has 6 heteroatoms. The predicted octanol–water partition coefficient (Wildman–Crippen LogP) is 1.85. The van der Waals surface area contributed by atoms with Crippen LogP contribution in [0.3, 0.4) is 0 Å². The second kappa shape index (κ2) is 5.66. The van der Waals surface area contributed by atoms with Gasteiger partial charge in [-0.2, -0.15) is 0 Å². The molecule has 1 aliphatic heterocycles. The van der Waals surface area contributed by atoms with E-state index in [1.54, 1.807) is 0 Å². The lowest BCUT2D eigenvalue weighted by atomic mass is 9.94. The number of rotatable bonds is 6. The van der Waals surface area contributed by atoms with Crippen LogP contribution in [0.5, 0.6) is 0 Å². The smallest absolute Gasteiger partial charge is 0.315 e. The van der Waals surface area contributed by atoms with Crippen molar-refractivity contribution in [2.75, 3.05) is 6.54 Å². The molecule has 2 aliphatic rings. The van der Waals surface area contributed by atoms with Crippen LogP contribution in [0.15, 0.2) is 0 Å². The molecule has 2 amide bonds. The third kappa shape index (κ3) is 3.36. The summed E-state index contributed by atoms with van der Waals surface area (Å²) in [6.45, 7) is 6.70. The number of nitrogens with one attached hydrogen (secondary N) is 2. The zero-order valence-corrected chi connectivity index (χ0v) is 13.0. The van der Waals surface area contributed by atoms with Crippen molar-refractivity contribution in [3.8, 4) is 0 Å². The molecule has 1 fully saturated rings. The standard InChI is InChI=1S/C15H25N5O/c1-11(2)8-15(5-6-15)10-17-14(21)16-9-13-19-18-12-4-3-7-20(12)13/h11H,3-10H2,1-2H3,(H2,16,17,21). The summed E-state index contributed by atoms with van der Waals surface area (Å²) in [5, 5.41) is 14.2. The maximum Gasteiger partial charge on any atom is 0.315 e. The monoisotopic (exact) mass is 291 g/mol. The fourth-order valence-corrected chi connectivity index (χ4v) is 3.33. The van der Waals surface area contributed by atoms with E-state index in [9.17, 15) is 4.79 Å². The molecular weight excluding hydrogens is 266 g/mol. The lowest BCUT2D eigenvalue weighted by Crippen LogP contribution is -2.39. The summed E-state index contributed by atoms with van der Waals surface area (Å²) < 4.78 is 2.11. The molecule has 21 heavy (non-hydrogen) atoms. The van der Waals surface area contributed by atoms with E-state index in [0.29, 0.717) is 17.9 Å². The summed E-state index contributed by atoms with van der Waals surface area (Å²) in [4.78, 5) is 11.9. The Morgan fingerprint density at radius 2 is 2.14 bits per heavy atom. The predicted molar refractivity (Wildman–Crippen MR) is 79.7 cm³/mol. The minimum atomic E-state index is -0.0969. The summed E-state index contributed by atoms with van der Waals surface area (Å²) in [5.41, 5.74) is 0.363. The van der Waals surface area contributed by atoms with Crippen molar-refractivity contribution in [3.05, 3.63) is 11.6 Å². The molecule has 1 aromatic heterocycles. The van der Waals surface area contributed by atoms with E-state index in [1.807, 2.05) is 0 Å². The fourth-order valence-electron chi connectivity index (χ4n) is 3.33. The molecule has 1 aliphatic carbocycles. The number of carbonyl (C=O) groups is 1. The van der Waals surface area contributed by atoms with E-state index in [-0.39, 0.29) is 6.03 Å². The molecule has 0 saturated heterocycles. The van der Waals surface area contributed by atoms with Gasteiger partial charge in [-0.25, -0.2) is 4.79 Å². The molecule has 0 aromatic carbocycles. The molecule has 116 valence electrons. The molecule has 2 N–H and O–H groups in total. The van der Waals surface area contributed by atoms with Gasteiger partial charge in [0.1, 0.15) is 5.82 Å². The highest BCUT2D eigenvalue weighted by molar-refractivity contribution is 5.73. The number of nitrogens with zero attached hydrogens (tertiary/aromatic N) is 3. The SMILES string of the molecule is CC(C)CC1(CNC(=O)NCc2nnc3n2CCC3)CC1. The number of hydrogen-bond acceptors (Lipinski definition) is 3. The first-order chi connectivity index (χ1) is 10.1. The van der Waals surface area contributed by atoms with Crippen LogP contribution in [0.4, 0.5) is 4.79 Å². The largest absolute Gasteiger partial charge is 0.338 e. The van der Waals surface area contributed by atoms with Gasteiger partial charge in [0.25, 0.3) is 0 Å². The maximum absolute atomic E-state index is 11.9. The molecule has 0 spiro atoms. The van der Waals surface area contributed by atoms with Crippen LogP contribution in [-0.2, 0) is 19.5 Å². The summed E-state index contributed by atoms with van der Waals surface area (Å²) in [5.74, 6) is 2.60. The third-order valence-electron chi connectivity index (χ3n) is 4.52. The first-order valence-corrected chi connectivity index (χ1v) is 8.01. The van der Waals surface area contributed by atoms with Crippen LogP contribution in [0.25, 0.3) is 0 Å². The average Bonchev–Trinajstić information content (AvgIpc) is 2.86. The third-order valence-corrected chi connectivity index (χ3v) is 4.52. The zero-order chi connectivity index (χ0) is 14.9. The summed E-state index contributed by atoms with van der Waals surface area (Å²) in [6.07, 6.45) is 5.80. The van der Waals surface area contributed by atoms with Gasteiger partial charge in [0.15, 0.2) is 5.82 Å². The maximum atomic E-state index is 11.9. The Labute approximate surface area is 125 Å². The highest BCUT2D eigenvalue weighted by Gasteiger charge is 2.42. The first-order valence-electron chi connectivity index (χ1n) is 8.01. The van der Waals surface area contributed by atoms with Gasteiger partial charge < -0.3 is 15.2 Å². The Hall–Kier alpha value is -1.59. The number of aromatic nitrogens is 3. The Kier molecular flexibility index (Phi) is 3.87. The molecule has 1 saturated carbocycles. The highest BCUT2D eigenvalue weighted by Crippen LogP contribution is 2.49. The van der Waals surface area contributed by atoms with Gasteiger partial charge in [-0.3, -0.25) is 0 Å². The van der Waals surface area contributed by atoms with Crippen LogP contribution >= 0.6 is 0 Å². The molecular formula is C15H25N5O. The summed E-state index contributed by atoms with van der Waals surface area (Å²) >= 11 is 0. The van der Waals surface area contributed by atoms with Crippen LogP contribution < -0.4 is 10.6 Å². The fraction of sp³-hybridized carbons (Fsp3) is 0.800. The van der Waals surface area contributed by atoms with Crippen LogP contribution in [0.2, 0.25) is 0 Å². The van der Waals surface area contributed by atoms with Gasteiger partial charge >= 0.3 is 6.03 Å². The number of urea groups is 1. The lowest BCUT2D eigenvalue weighted by molar-refractivity contribution is 0.235. The van der Waals surface area contributed by atoms with E-state index in [4.69, 9.17) is 0 Å². The molecule has 0 atom stereocenters. The van der Waals surface area contributed by atoms with Crippen LogP contribution in [0, 0.1) is 11.3 Å². The first kappa shape index (κ1) is 14.4. The van der Waals surface area contributed by atoms with E-state index in [2.05, 4.69) is 39.2 Å². The number of amides is 2. The molecule has 6 nitrogen and oxygen atoms in total. The number of fused-ring (bicyclic) bond motifs is 1. The van der Waals surface area contributed by atoms with Gasteiger partial charge in [0.2, 0.25) is 0 Å². The van der Waals surface area contributed by atoms with Gasteiger partial charge in [-0.1, -0.05) is 13.8 Å². The average molecular weight is 291 g/mol.